The predicted octanol–water partition coefficient (Wildman–Crippen LogP) is 2.35. The van der Waals surface area contributed by atoms with Crippen LogP contribution in [0.15, 0.2) is 30.3 Å². The molecule has 0 radical (unpaired) electrons. The molecule has 0 spiro atoms. The number of rotatable bonds is 8. The van der Waals surface area contributed by atoms with Gasteiger partial charge in [-0.2, -0.15) is 5.06 Å². The van der Waals surface area contributed by atoms with Crippen LogP contribution in [0.3, 0.4) is 0 Å². The van der Waals surface area contributed by atoms with Gasteiger partial charge in [0.25, 0.3) is 0 Å². The van der Waals surface area contributed by atoms with E-state index >= 15 is 0 Å². The van der Waals surface area contributed by atoms with Crippen LogP contribution in [-0.2, 0) is 16.1 Å². The van der Waals surface area contributed by atoms with E-state index in [1.54, 1.807) is 0 Å². The van der Waals surface area contributed by atoms with Gasteiger partial charge < -0.3 is 4.90 Å². The average Bonchev–Trinajstić information content (AvgIpc) is 2.54. The Labute approximate surface area is 127 Å². The molecule has 1 heterocycles. The minimum Gasteiger partial charge on any atom is -0.345 e. The Hall–Kier alpha value is -1.39. The molecule has 1 atom stereocenters. The molecule has 1 saturated heterocycles. The van der Waals surface area contributed by atoms with Crippen LogP contribution in [0, 0.1) is 5.92 Å². The van der Waals surface area contributed by atoms with Gasteiger partial charge in [-0.25, -0.2) is 0 Å². The van der Waals surface area contributed by atoms with E-state index in [4.69, 9.17) is 4.84 Å². The molecule has 1 aromatic rings. The van der Waals surface area contributed by atoms with Gasteiger partial charge in [0.05, 0.1) is 6.61 Å². The molecule has 1 aliphatic heterocycles. The minimum atomic E-state index is 0.520. The van der Waals surface area contributed by atoms with E-state index < -0.39 is 0 Å². The third kappa shape index (κ3) is 5.48. The first-order valence-corrected chi connectivity index (χ1v) is 7.93. The second kappa shape index (κ2) is 8.80. The predicted molar refractivity (Wildman–Crippen MR) is 83.7 cm³/mol. The standard InChI is InChI=1S/C17H26N2O2/c1-2-21-19(12-10-16-7-4-3-5-8-16)14-17-9-6-11-18(13-17)15-20/h3-5,7-8,15,17H,2,6,9-14H2,1H3. The van der Waals surface area contributed by atoms with Crippen molar-refractivity contribution >= 4 is 6.41 Å². The van der Waals surface area contributed by atoms with Gasteiger partial charge in [-0.05, 0) is 37.7 Å². The molecular weight excluding hydrogens is 264 g/mol. The molecule has 116 valence electrons. The van der Waals surface area contributed by atoms with Crippen LogP contribution >= 0.6 is 0 Å². The number of carbonyl (C=O) groups is 1. The molecule has 0 bridgehead atoms. The van der Waals surface area contributed by atoms with E-state index in [9.17, 15) is 4.79 Å². The lowest BCUT2D eigenvalue weighted by Gasteiger charge is -2.33. The number of hydroxylamine groups is 2. The van der Waals surface area contributed by atoms with Crippen LogP contribution in [0.1, 0.15) is 25.3 Å². The summed E-state index contributed by atoms with van der Waals surface area (Å²) in [6, 6.07) is 10.5. The average molecular weight is 290 g/mol. The summed E-state index contributed by atoms with van der Waals surface area (Å²) in [4.78, 5) is 18.6. The fourth-order valence-corrected chi connectivity index (χ4v) is 2.92. The van der Waals surface area contributed by atoms with E-state index in [1.807, 2.05) is 17.9 Å². The quantitative estimate of drug-likeness (QED) is 0.544. The Kier molecular flexibility index (Phi) is 6.70. The van der Waals surface area contributed by atoms with E-state index in [0.29, 0.717) is 12.5 Å². The van der Waals surface area contributed by atoms with Crippen molar-refractivity contribution in [1.82, 2.24) is 9.96 Å². The first-order chi connectivity index (χ1) is 10.3. The molecule has 4 nitrogen and oxygen atoms in total. The molecule has 1 amide bonds. The number of amides is 1. The number of hydrogen-bond acceptors (Lipinski definition) is 3. The van der Waals surface area contributed by atoms with Crippen molar-refractivity contribution < 1.29 is 9.63 Å². The van der Waals surface area contributed by atoms with Gasteiger partial charge in [0.1, 0.15) is 0 Å². The van der Waals surface area contributed by atoms with Crippen LogP contribution in [0.4, 0.5) is 0 Å². The smallest absolute Gasteiger partial charge is 0.209 e. The van der Waals surface area contributed by atoms with Crippen LogP contribution < -0.4 is 0 Å². The first kappa shape index (κ1) is 16.0. The minimum absolute atomic E-state index is 0.520. The summed E-state index contributed by atoms with van der Waals surface area (Å²) in [5, 5.41) is 2.08. The van der Waals surface area contributed by atoms with Crippen molar-refractivity contribution in [3.63, 3.8) is 0 Å². The van der Waals surface area contributed by atoms with Gasteiger partial charge in [-0.3, -0.25) is 9.63 Å². The maximum absolute atomic E-state index is 10.9. The Balaban J connectivity index is 1.82. The van der Waals surface area contributed by atoms with Crippen LogP contribution in [0.5, 0.6) is 0 Å². The zero-order valence-corrected chi connectivity index (χ0v) is 12.9. The largest absolute Gasteiger partial charge is 0.345 e. The van der Waals surface area contributed by atoms with Crippen LogP contribution in [-0.4, -0.2) is 49.2 Å². The SMILES string of the molecule is CCON(CCc1ccccc1)CC1CCCN(C=O)C1. The lowest BCUT2D eigenvalue weighted by Crippen LogP contribution is -2.41. The van der Waals surface area contributed by atoms with E-state index in [1.165, 1.54) is 12.0 Å². The lowest BCUT2D eigenvalue weighted by atomic mass is 9.98. The van der Waals surface area contributed by atoms with Crippen molar-refractivity contribution in [2.24, 2.45) is 5.92 Å². The maximum Gasteiger partial charge on any atom is 0.209 e. The highest BCUT2D eigenvalue weighted by atomic mass is 16.7. The summed E-state index contributed by atoms with van der Waals surface area (Å²) in [5.41, 5.74) is 1.33. The molecule has 1 fully saturated rings. The van der Waals surface area contributed by atoms with Gasteiger partial charge in [0.15, 0.2) is 0 Å². The number of benzene rings is 1. The van der Waals surface area contributed by atoms with Crippen molar-refractivity contribution in [2.45, 2.75) is 26.2 Å². The van der Waals surface area contributed by atoms with E-state index in [-0.39, 0.29) is 0 Å². The summed E-state index contributed by atoms with van der Waals surface area (Å²) < 4.78 is 0. The molecule has 0 saturated carbocycles. The monoisotopic (exact) mass is 290 g/mol. The molecule has 1 aromatic carbocycles. The highest BCUT2D eigenvalue weighted by Gasteiger charge is 2.21. The fourth-order valence-electron chi connectivity index (χ4n) is 2.92. The van der Waals surface area contributed by atoms with E-state index in [2.05, 4.69) is 29.3 Å². The highest BCUT2D eigenvalue weighted by molar-refractivity contribution is 5.47. The number of nitrogens with zero attached hydrogens (tertiary/aromatic N) is 2. The van der Waals surface area contributed by atoms with E-state index in [0.717, 1.165) is 45.4 Å². The third-order valence-corrected chi connectivity index (χ3v) is 3.97. The molecule has 1 aliphatic rings. The molecule has 21 heavy (non-hydrogen) atoms. The van der Waals surface area contributed by atoms with Crippen molar-refractivity contribution in [2.75, 3.05) is 32.8 Å². The third-order valence-electron chi connectivity index (χ3n) is 3.97. The molecular formula is C17H26N2O2. The number of hydrogen-bond donors (Lipinski definition) is 0. The number of likely N-dealkylation sites (tertiary alicyclic amines) is 1. The zero-order chi connectivity index (χ0) is 14.9. The Morgan fingerprint density at radius 3 is 2.90 bits per heavy atom. The van der Waals surface area contributed by atoms with Gasteiger partial charge >= 0.3 is 0 Å². The Bertz CT molecular complexity index is 411. The molecule has 0 aliphatic carbocycles. The van der Waals surface area contributed by atoms with Crippen molar-refractivity contribution in [1.29, 1.82) is 0 Å². The summed E-state index contributed by atoms with van der Waals surface area (Å²) in [6.45, 7) is 6.28. The van der Waals surface area contributed by atoms with Gasteiger partial charge in [-0.1, -0.05) is 30.3 Å². The lowest BCUT2D eigenvalue weighted by molar-refractivity contribution is -0.164. The van der Waals surface area contributed by atoms with Gasteiger partial charge in [-0.15, -0.1) is 0 Å². The summed E-state index contributed by atoms with van der Waals surface area (Å²) >= 11 is 0. The summed E-state index contributed by atoms with van der Waals surface area (Å²) in [6.07, 6.45) is 4.24. The van der Waals surface area contributed by atoms with Gasteiger partial charge in [0, 0.05) is 26.2 Å². The molecule has 0 aromatic heterocycles. The molecule has 2 rings (SSSR count). The van der Waals surface area contributed by atoms with Crippen LogP contribution in [0.2, 0.25) is 0 Å². The second-order valence-corrected chi connectivity index (χ2v) is 5.65. The molecule has 0 N–H and O–H groups in total. The summed E-state index contributed by atoms with van der Waals surface area (Å²) in [7, 11) is 0. The summed E-state index contributed by atoms with van der Waals surface area (Å²) in [5.74, 6) is 0.520. The van der Waals surface area contributed by atoms with Crippen molar-refractivity contribution in [3.05, 3.63) is 35.9 Å². The molecule has 1 unspecified atom stereocenters. The normalized spacial score (nSPS) is 19.0. The van der Waals surface area contributed by atoms with Crippen molar-refractivity contribution in [3.8, 4) is 0 Å². The van der Waals surface area contributed by atoms with Gasteiger partial charge in [0.2, 0.25) is 6.41 Å². The maximum atomic E-state index is 10.9. The van der Waals surface area contributed by atoms with Crippen LogP contribution in [0.25, 0.3) is 0 Å². The Morgan fingerprint density at radius 1 is 1.38 bits per heavy atom. The number of piperidine rings is 1. The second-order valence-electron chi connectivity index (χ2n) is 5.65. The Morgan fingerprint density at radius 2 is 2.19 bits per heavy atom. The topological polar surface area (TPSA) is 32.8 Å². The number of carbonyl (C=O) groups excluding carboxylic acids is 1. The first-order valence-electron chi connectivity index (χ1n) is 7.93. The zero-order valence-electron chi connectivity index (χ0n) is 12.9. The molecule has 4 heteroatoms. The fraction of sp³-hybridized carbons (Fsp3) is 0.588. The highest BCUT2D eigenvalue weighted by Crippen LogP contribution is 2.17.